The van der Waals surface area contributed by atoms with Crippen LogP contribution in [0.15, 0.2) is 59.6 Å². The lowest BCUT2D eigenvalue weighted by molar-refractivity contribution is -0.120. The summed E-state index contributed by atoms with van der Waals surface area (Å²) in [5, 5.41) is 9.23. The van der Waals surface area contributed by atoms with Crippen LogP contribution in [0.2, 0.25) is 0 Å². The minimum atomic E-state index is -0.337. The molecular formula is C23H31FN4O2. The first kappa shape index (κ1) is 23.3. The Kier molecular flexibility index (Phi) is 10.4. The number of carbonyl (C=O) groups excluding carboxylic acids is 1. The van der Waals surface area contributed by atoms with Crippen LogP contribution in [0, 0.1) is 11.7 Å². The van der Waals surface area contributed by atoms with Gasteiger partial charge in [0.15, 0.2) is 5.96 Å². The number of amides is 1. The van der Waals surface area contributed by atoms with Gasteiger partial charge in [0.25, 0.3) is 0 Å². The summed E-state index contributed by atoms with van der Waals surface area (Å²) >= 11 is 0. The fourth-order valence-corrected chi connectivity index (χ4v) is 2.78. The Morgan fingerprint density at radius 2 is 1.77 bits per heavy atom. The van der Waals surface area contributed by atoms with Crippen molar-refractivity contribution in [1.82, 2.24) is 16.0 Å². The van der Waals surface area contributed by atoms with Crippen molar-refractivity contribution in [1.29, 1.82) is 0 Å². The second-order valence-electron chi connectivity index (χ2n) is 7.14. The molecule has 6 nitrogen and oxygen atoms in total. The van der Waals surface area contributed by atoms with Crippen LogP contribution in [0.1, 0.15) is 18.1 Å². The monoisotopic (exact) mass is 414 g/mol. The highest BCUT2D eigenvalue weighted by Crippen LogP contribution is 2.04. The van der Waals surface area contributed by atoms with E-state index in [9.17, 15) is 9.18 Å². The van der Waals surface area contributed by atoms with Crippen LogP contribution >= 0.6 is 0 Å². The molecule has 2 aromatic carbocycles. The number of benzene rings is 2. The largest absolute Gasteiger partial charge is 0.376 e. The zero-order valence-corrected chi connectivity index (χ0v) is 17.7. The van der Waals surface area contributed by atoms with E-state index in [0.29, 0.717) is 43.7 Å². The quantitative estimate of drug-likeness (QED) is 0.300. The molecule has 7 heteroatoms. The zero-order valence-electron chi connectivity index (χ0n) is 17.7. The average molecular weight is 415 g/mol. The fourth-order valence-electron chi connectivity index (χ4n) is 2.78. The van der Waals surface area contributed by atoms with E-state index in [-0.39, 0.29) is 18.1 Å². The van der Waals surface area contributed by atoms with E-state index < -0.39 is 0 Å². The van der Waals surface area contributed by atoms with E-state index in [2.05, 4.69) is 27.9 Å². The molecule has 0 fully saturated rings. The van der Waals surface area contributed by atoms with Gasteiger partial charge in [-0.05, 0) is 29.2 Å². The molecule has 30 heavy (non-hydrogen) atoms. The number of aliphatic imine (C=N–C) groups is 1. The van der Waals surface area contributed by atoms with Crippen molar-refractivity contribution >= 4 is 11.9 Å². The first-order valence-corrected chi connectivity index (χ1v) is 10.1. The van der Waals surface area contributed by atoms with Crippen molar-refractivity contribution in [2.24, 2.45) is 10.9 Å². The second kappa shape index (κ2) is 13.3. The summed E-state index contributed by atoms with van der Waals surface area (Å²) in [7, 11) is 1.70. The molecule has 0 saturated heterocycles. The highest BCUT2D eigenvalue weighted by molar-refractivity contribution is 5.80. The lowest BCUT2D eigenvalue weighted by Gasteiger charge is -2.16. The maximum Gasteiger partial charge on any atom is 0.224 e. The number of hydrogen-bond acceptors (Lipinski definition) is 3. The Morgan fingerprint density at radius 3 is 2.50 bits per heavy atom. The highest BCUT2D eigenvalue weighted by atomic mass is 19.1. The van der Waals surface area contributed by atoms with Crippen molar-refractivity contribution < 1.29 is 13.9 Å². The third kappa shape index (κ3) is 9.52. The number of nitrogens with zero attached hydrogens (tertiary/aromatic N) is 1. The van der Waals surface area contributed by atoms with Gasteiger partial charge in [-0.3, -0.25) is 9.79 Å². The smallest absolute Gasteiger partial charge is 0.224 e. The number of rotatable bonds is 11. The maximum absolute atomic E-state index is 13.2. The van der Waals surface area contributed by atoms with Crippen LogP contribution in [0.5, 0.6) is 0 Å². The van der Waals surface area contributed by atoms with Gasteiger partial charge in [-0.2, -0.15) is 0 Å². The summed E-state index contributed by atoms with van der Waals surface area (Å²) in [6.45, 7) is 5.07. The van der Waals surface area contributed by atoms with E-state index in [1.165, 1.54) is 12.1 Å². The first-order valence-electron chi connectivity index (χ1n) is 10.1. The van der Waals surface area contributed by atoms with Gasteiger partial charge in [0.05, 0.1) is 19.6 Å². The number of ether oxygens (including phenoxy) is 1. The molecule has 1 amide bonds. The molecule has 0 spiro atoms. The third-order valence-corrected chi connectivity index (χ3v) is 4.35. The van der Waals surface area contributed by atoms with Crippen molar-refractivity contribution in [2.45, 2.75) is 20.0 Å². The molecule has 0 aliphatic carbocycles. The number of hydrogen-bond donors (Lipinski definition) is 3. The topological polar surface area (TPSA) is 74.8 Å². The number of halogens is 1. The van der Waals surface area contributed by atoms with Gasteiger partial charge in [-0.25, -0.2) is 4.39 Å². The van der Waals surface area contributed by atoms with E-state index in [1.54, 1.807) is 19.2 Å². The molecule has 3 N–H and O–H groups in total. The van der Waals surface area contributed by atoms with Crippen molar-refractivity contribution in [3.8, 4) is 0 Å². The van der Waals surface area contributed by atoms with E-state index in [4.69, 9.17) is 4.74 Å². The molecule has 1 unspecified atom stereocenters. The number of carbonyl (C=O) groups is 1. The summed E-state index contributed by atoms with van der Waals surface area (Å²) in [4.78, 5) is 16.1. The van der Waals surface area contributed by atoms with Gasteiger partial charge in [0.2, 0.25) is 5.91 Å². The highest BCUT2D eigenvalue weighted by Gasteiger charge is 2.06. The lowest BCUT2D eigenvalue weighted by Crippen LogP contribution is -2.43. The molecular weight excluding hydrogens is 383 g/mol. The summed E-state index contributed by atoms with van der Waals surface area (Å²) in [6.07, 6.45) is 0.158. The Bertz CT molecular complexity index is 799. The van der Waals surface area contributed by atoms with Crippen molar-refractivity contribution in [2.75, 3.05) is 33.3 Å². The minimum absolute atomic E-state index is 0.144. The summed E-state index contributed by atoms with van der Waals surface area (Å²) in [5.41, 5.74) is 1.82. The molecule has 0 aliphatic heterocycles. The van der Waals surface area contributed by atoms with E-state index in [0.717, 1.165) is 12.1 Å². The number of guanidine groups is 1. The number of nitrogens with one attached hydrogen (secondary N) is 3. The van der Waals surface area contributed by atoms with Gasteiger partial charge in [-0.15, -0.1) is 0 Å². The predicted molar refractivity (Wildman–Crippen MR) is 118 cm³/mol. The Balaban J connectivity index is 1.56. The Morgan fingerprint density at radius 1 is 1.03 bits per heavy atom. The van der Waals surface area contributed by atoms with Gasteiger partial charge in [0, 0.05) is 26.7 Å². The zero-order chi connectivity index (χ0) is 21.6. The van der Waals surface area contributed by atoms with Crippen LogP contribution in [0.4, 0.5) is 4.39 Å². The Hall–Kier alpha value is -2.93. The van der Waals surface area contributed by atoms with Gasteiger partial charge < -0.3 is 20.7 Å². The summed E-state index contributed by atoms with van der Waals surface area (Å²) < 4.78 is 18.9. The normalized spacial score (nSPS) is 12.3. The fraction of sp³-hybridized carbons (Fsp3) is 0.391. The minimum Gasteiger partial charge on any atom is -0.376 e. The van der Waals surface area contributed by atoms with E-state index in [1.807, 2.05) is 30.3 Å². The molecule has 2 rings (SSSR count). The van der Waals surface area contributed by atoms with Crippen molar-refractivity contribution in [3.63, 3.8) is 0 Å². The van der Waals surface area contributed by atoms with Crippen LogP contribution in [-0.4, -0.2) is 45.2 Å². The SMILES string of the molecule is CN=C(NCCNC(=O)Cc1cccc(F)c1)NCC(C)COCc1ccccc1. The Labute approximate surface area is 177 Å². The first-order chi connectivity index (χ1) is 14.6. The summed E-state index contributed by atoms with van der Waals surface area (Å²) in [6, 6.07) is 16.2. The second-order valence-corrected chi connectivity index (χ2v) is 7.14. The average Bonchev–Trinajstić information content (AvgIpc) is 2.74. The van der Waals surface area contributed by atoms with Gasteiger partial charge >= 0.3 is 0 Å². The molecule has 0 aliphatic rings. The standard InChI is InChI=1S/C23H31FN4O2/c1-18(16-30-17-19-7-4-3-5-8-19)15-28-23(25-2)27-12-11-26-22(29)14-20-9-6-10-21(24)13-20/h3-10,13,18H,11-12,14-17H2,1-2H3,(H,26,29)(H2,25,27,28). The molecule has 0 aromatic heterocycles. The third-order valence-electron chi connectivity index (χ3n) is 4.35. The molecule has 162 valence electrons. The maximum atomic E-state index is 13.2. The molecule has 0 radical (unpaired) electrons. The molecule has 1 atom stereocenters. The van der Waals surface area contributed by atoms with E-state index >= 15 is 0 Å². The van der Waals surface area contributed by atoms with Crippen LogP contribution in [0.25, 0.3) is 0 Å². The molecule has 2 aromatic rings. The molecule has 0 saturated carbocycles. The lowest BCUT2D eigenvalue weighted by atomic mass is 10.1. The van der Waals surface area contributed by atoms with Gasteiger partial charge in [0.1, 0.15) is 5.82 Å². The van der Waals surface area contributed by atoms with Crippen molar-refractivity contribution in [3.05, 3.63) is 71.5 Å². The summed E-state index contributed by atoms with van der Waals surface area (Å²) in [5.74, 6) is 0.508. The molecule has 0 heterocycles. The van der Waals surface area contributed by atoms with Crippen LogP contribution in [-0.2, 0) is 22.6 Å². The van der Waals surface area contributed by atoms with Gasteiger partial charge in [-0.1, -0.05) is 49.4 Å². The van der Waals surface area contributed by atoms with Crippen LogP contribution < -0.4 is 16.0 Å². The molecule has 0 bridgehead atoms. The predicted octanol–water partition coefficient (Wildman–Crippen LogP) is 2.50. The van der Waals surface area contributed by atoms with Crippen LogP contribution in [0.3, 0.4) is 0 Å².